The monoisotopic (exact) mass is 299 g/mol. The lowest BCUT2D eigenvalue weighted by Crippen LogP contribution is -2.03. The third-order valence-corrected chi connectivity index (χ3v) is 2.84. The molecule has 7 heteroatoms. The van der Waals surface area contributed by atoms with Crippen molar-refractivity contribution < 1.29 is 27.5 Å². The molecule has 0 amide bonds. The molecule has 0 saturated heterocycles. The number of hydrogen-bond donors (Lipinski definition) is 1. The average Bonchev–Trinajstić information content (AvgIpc) is 2.82. The van der Waals surface area contributed by atoms with Gasteiger partial charge in [0.25, 0.3) is 0 Å². The van der Waals surface area contributed by atoms with Crippen molar-refractivity contribution in [3.8, 4) is 11.5 Å². The van der Waals surface area contributed by atoms with Crippen LogP contribution in [0.3, 0.4) is 0 Å². The minimum atomic E-state index is -4.42. The molecule has 0 aliphatic heterocycles. The van der Waals surface area contributed by atoms with Gasteiger partial charge in [-0.2, -0.15) is 13.2 Å². The van der Waals surface area contributed by atoms with Crippen LogP contribution in [0.2, 0.25) is 0 Å². The molecule has 112 valence electrons. The molecule has 0 radical (unpaired) electrons. The zero-order valence-corrected chi connectivity index (χ0v) is 11.1. The van der Waals surface area contributed by atoms with Gasteiger partial charge in [-0.05, 0) is 30.7 Å². The van der Waals surface area contributed by atoms with E-state index in [1.807, 2.05) is 6.92 Å². The number of hydrogen-bond acceptors (Lipinski definition) is 3. The fraction of sp³-hybridized carbons (Fsp3) is 0.286. The molecule has 0 fully saturated rings. The number of rotatable bonds is 4. The van der Waals surface area contributed by atoms with Crippen LogP contribution in [0.4, 0.5) is 13.2 Å². The van der Waals surface area contributed by atoms with E-state index in [1.165, 1.54) is 12.1 Å². The summed E-state index contributed by atoms with van der Waals surface area (Å²) in [6.07, 6.45) is -3.32. The quantitative estimate of drug-likeness (QED) is 0.926. The van der Waals surface area contributed by atoms with Crippen molar-refractivity contribution in [2.45, 2.75) is 25.9 Å². The number of carboxylic acid groups (broad SMARTS) is 1. The second kappa shape index (κ2) is 5.59. The number of oxazole rings is 1. The lowest BCUT2D eigenvalue weighted by molar-refractivity contribution is -0.137. The van der Waals surface area contributed by atoms with Crippen LogP contribution in [0, 0.1) is 0 Å². The van der Waals surface area contributed by atoms with Gasteiger partial charge < -0.3 is 9.52 Å². The second-order valence-electron chi connectivity index (χ2n) is 4.43. The lowest BCUT2D eigenvalue weighted by atomic mass is 10.1. The van der Waals surface area contributed by atoms with Crippen LogP contribution in [0.5, 0.6) is 0 Å². The summed E-state index contributed by atoms with van der Waals surface area (Å²) in [6, 6.07) is 4.21. The summed E-state index contributed by atoms with van der Waals surface area (Å²) in [5.41, 5.74) is -0.196. The number of halogens is 3. The van der Waals surface area contributed by atoms with Gasteiger partial charge in [0.15, 0.2) is 0 Å². The molecular weight excluding hydrogens is 287 g/mol. The van der Waals surface area contributed by atoms with E-state index in [9.17, 15) is 18.0 Å². The van der Waals surface area contributed by atoms with Crippen LogP contribution in [0.1, 0.15) is 35.2 Å². The molecule has 1 heterocycles. The Morgan fingerprint density at radius 1 is 1.29 bits per heavy atom. The molecular formula is C14H12F3NO3. The number of aromatic nitrogens is 1. The van der Waals surface area contributed by atoms with Crippen LogP contribution in [0.15, 0.2) is 28.7 Å². The average molecular weight is 299 g/mol. The molecule has 0 atom stereocenters. The van der Waals surface area contributed by atoms with Crippen molar-refractivity contribution in [2.24, 2.45) is 0 Å². The Morgan fingerprint density at radius 2 is 1.90 bits per heavy atom. The maximum atomic E-state index is 12.5. The highest BCUT2D eigenvalue weighted by atomic mass is 19.4. The van der Waals surface area contributed by atoms with E-state index in [-0.39, 0.29) is 11.7 Å². The molecule has 0 aliphatic rings. The SMILES string of the molecule is CCCc1nc(-c2ccc(C(F)(F)F)cc2)oc1C(=O)O. The van der Waals surface area contributed by atoms with Crippen molar-refractivity contribution in [3.05, 3.63) is 41.3 Å². The zero-order chi connectivity index (χ0) is 15.6. The van der Waals surface area contributed by atoms with Crippen LogP contribution >= 0.6 is 0 Å². The van der Waals surface area contributed by atoms with Gasteiger partial charge in [0.2, 0.25) is 11.7 Å². The van der Waals surface area contributed by atoms with E-state index >= 15 is 0 Å². The first-order valence-electron chi connectivity index (χ1n) is 6.23. The number of carbonyl (C=O) groups is 1. The van der Waals surface area contributed by atoms with E-state index < -0.39 is 17.7 Å². The molecule has 4 nitrogen and oxygen atoms in total. The summed E-state index contributed by atoms with van der Waals surface area (Å²) >= 11 is 0. The predicted molar refractivity (Wildman–Crippen MR) is 67.9 cm³/mol. The van der Waals surface area contributed by atoms with Crippen molar-refractivity contribution in [1.82, 2.24) is 4.98 Å². The summed E-state index contributed by atoms with van der Waals surface area (Å²) in [4.78, 5) is 15.1. The highest BCUT2D eigenvalue weighted by molar-refractivity contribution is 5.86. The number of nitrogens with zero attached hydrogens (tertiary/aromatic N) is 1. The largest absolute Gasteiger partial charge is 0.475 e. The number of carboxylic acids is 1. The van der Waals surface area contributed by atoms with E-state index in [4.69, 9.17) is 9.52 Å². The fourth-order valence-electron chi connectivity index (χ4n) is 1.85. The Hall–Kier alpha value is -2.31. The number of alkyl halides is 3. The van der Waals surface area contributed by atoms with E-state index in [1.54, 1.807) is 0 Å². The van der Waals surface area contributed by atoms with Gasteiger partial charge in [-0.1, -0.05) is 13.3 Å². The summed E-state index contributed by atoms with van der Waals surface area (Å²) in [6.45, 7) is 1.86. The molecule has 0 spiro atoms. The molecule has 0 aliphatic carbocycles. The maximum Gasteiger partial charge on any atom is 0.416 e. The number of benzene rings is 1. The highest BCUT2D eigenvalue weighted by Crippen LogP contribution is 2.31. The van der Waals surface area contributed by atoms with Gasteiger partial charge in [-0.3, -0.25) is 0 Å². The molecule has 2 rings (SSSR count). The van der Waals surface area contributed by atoms with E-state index in [0.29, 0.717) is 24.1 Å². The van der Waals surface area contributed by atoms with E-state index in [0.717, 1.165) is 12.1 Å². The predicted octanol–water partition coefficient (Wildman–Crippen LogP) is 4.01. The molecule has 0 bridgehead atoms. The van der Waals surface area contributed by atoms with Gasteiger partial charge >= 0.3 is 12.1 Å². The topological polar surface area (TPSA) is 63.3 Å². The minimum Gasteiger partial charge on any atom is -0.475 e. The summed E-state index contributed by atoms with van der Waals surface area (Å²) in [5, 5.41) is 9.02. The standard InChI is InChI=1S/C14H12F3NO3/c1-2-3-10-11(13(19)20)21-12(18-10)8-4-6-9(7-5-8)14(15,16)17/h4-7H,2-3H2,1H3,(H,19,20). The Balaban J connectivity index is 2.38. The van der Waals surface area contributed by atoms with Crippen LogP contribution in [-0.4, -0.2) is 16.1 Å². The van der Waals surface area contributed by atoms with Crippen molar-refractivity contribution >= 4 is 5.97 Å². The van der Waals surface area contributed by atoms with Gasteiger partial charge in [-0.25, -0.2) is 9.78 Å². The molecule has 0 unspecified atom stereocenters. The molecule has 1 N–H and O–H groups in total. The first-order valence-corrected chi connectivity index (χ1v) is 6.23. The Morgan fingerprint density at radius 3 is 2.38 bits per heavy atom. The highest BCUT2D eigenvalue weighted by Gasteiger charge is 2.30. The van der Waals surface area contributed by atoms with Gasteiger partial charge in [0.05, 0.1) is 11.3 Å². The van der Waals surface area contributed by atoms with Gasteiger partial charge in [0, 0.05) is 5.56 Å². The normalized spacial score (nSPS) is 11.6. The Bertz CT molecular complexity index is 644. The molecule has 1 aromatic heterocycles. The van der Waals surface area contributed by atoms with Gasteiger partial charge in [0.1, 0.15) is 0 Å². The third kappa shape index (κ3) is 3.24. The summed E-state index contributed by atoms with van der Waals surface area (Å²) < 4.78 is 42.6. The smallest absolute Gasteiger partial charge is 0.416 e. The molecule has 1 aromatic carbocycles. The summed E-state index contributed by atoms with van der Waals surface area (Å²) in [5.74, 6) is -1.51. The first kappa shape index (κ1) is 15.1. The Kier molecular flexibility index (Phi) is 4.02. The molecule has 0 saturated carbocycles. The van der Waals surface area contributed by atoms with Crippen LogP contribution in [0.25, 0.3) is 11.5 Å². The minimum absolute atomic E-state index is 0.00424. The molecule has 2 aromatic rings. The van der Waals surface area contributed by atoms with Crippen molar-refractivity contribution in [2.75, 3.05) is 0 Å². The number of aryl methyl sites for hydroxylation is 1. The van der Waals surface area contributed by atoms with Crippen molar-refractivity contribution in [3.63, 3.8) is 0 Å². The number of aromatic carboxylic acids is 1. The van der Waals surface area contributed by atoms with Crippen molar-refractivity contribution in [1.29, 1.82) is 0 Å². The Labute approximate surface area is 118 Å². The van der Waals surface area contributed by atoms with Gasteiger partial charge in [-0.15, -0.1) is 0 Å². The summed E-state index contributed by atoms with van der Waals surface area (Å²) in [7, 11) is 0. The lowest BCUT2D eigenvalue weighted by Gasteiger charge is -2.05. The fourth-order valence-corrected chi connectivity index (χ4v) is 1.85. The van der Waals surface area contributed by atoms with Crippen LogP contribution < -0.4 is 0 Å². The zero-order valence-electron chi connectivity index (χ0n) is 11.1. The maximum absolute atomic E-state index is 12.5. The molecule has 21 heavy (non-hydrogen) atoms. The van der Waals surface area contributed by atoms with Crippen LogP contribution in [-0.2, 0) is 12.6 Å². The first-order chi connectivity index (χ1) is 9.82. The third-order valence-electron chi connectivity index (χ3n) is 2.84. The van der Waals surface area contributed by atoms with E-state index in [2.05, 4.69) is 4.98 Å². The second-order valence-corrected chi connectivity index (χ2v) is 4.43.